The van der Waals surface area contributed by atoms with E-state index in [1.54, 1.807) is 34.9 Å². The summed E-state index contributed by atoms with van der Waals surface area (Å²) in [5, 5.41) is 25.2. The number of esters is 1. The number of aromatic nitrogens is 3. The molecule has 6 atom stereocenters. The van der Waals surface area contributed by atoms with Crippen molar-refractivity contribution in [2.24, 2.45) is 11.8 Å². The van der Waals surface area contributed by atoms with Gasteiger partial charge in [-0.25, -0.2) is 0 Å². The SMILES string of the molecule is COC(=O)CCCCN1C(=O)[C@@]2(O[C@@H](CCn3cc(C(CO)c4ccccc4)nn3)[C@H]([Si](C)(C)F)[C@H]2C)c2cc(NC(=O)C3CCCNC3)ccc21. The van der Waals surface area contributed by atoms with Crippen molar-refractivity contribution in [1.82, 2.24) is 20.3 Å². The number of ether oxygens (including phenoxy) is 2. The van der Waals surface area contributed by atoms with Gasteiger partial charge in [-0.1, -0.05) is 42.5 Å². The van der Waals surface area contributed by atoms with Gasteiger partial charge in [0.2, 0.25) is 14.3 Å². The second kappa shape index (κ2) is 15.9. The summed E-state index contributed by atoms with van der Waals surface area (Å²) in [7, 11) is -2.08. The number of carbonyl (C=O) groups excluding carboxylic acids is 3. The van der Waals surface area contributed by atoms with Gasteiger partial charge in [0.15, 0.2) is 5.60 Å². The fourth-order valence-corrected chi connectivity index (χ4v) is 11.0. The molecule has 2 saturated heterocycles. The number of anilines is 2. The number of fused-ring (bicyclic) bond motifs is 2. The van der Waals surface area contributed by atoms with Gasteiger partial charge in [-0.15, -0.1) is 5.10 Å². The lowest BCUT2D eigenvalue weighted by Gasteiger charge is -2.31. The van der Waals surface area contributed by atoms with Crippen LogP contribution in [0.3, 0.4) is 0 Å². The average molecular weight is 735 g/mol. The molecule has 3 N–H and O–H groups in total. The number of hydrogen-bond acceptors (Lipinski definition) is 9. The molecule has 1 aromatic heterocycles. The number of aliphatic hydroxyl groups is 1. The van der Waals surface area contributed by atoms with Crippen molar-refractivity contribution in [2.45, 2.75) is 88.3 Å². The van der Waals surface area contributed by atoms with Gasteiger partial charge in [0.1, 0.15) is 0 Å². The predicted molar refractivity (Wildman–Crippen MR) is 197 cm³/mol. The lowest BCUT2D eigenvalue weighted by Crippen LogP contribution is -2.45. The van der Waals surface area contributed by atoms with E-state index in [9.17, 15) is 19.5 Å². The first-order valence-electron chi connectivity index (χ1n) is 18.4. The fourth-order valence-electron chi connectivity index (χ4n) is 8.48. The van der Waals surface area contributed by atoms with Gasteiger partial charge in [0, 0.05) is 55.0 Å². The first-order chi connectivity index (χ1) is 25.0. The summed E-state index contributed by atoms with van der Waals surface area (Å²) in [6.07, 6.45) is 4.65. The molecule has 2 aromatic carbocycles. The average Bonchev–Trinajstić information content (AvgIpc) is 3.80. The molecule has 280 valence electrons. The van der Waals surface area contributed by atoms with Gasteiger partial charge in [0.05, 0.1) is 43.0 Å². The third kappa shape index (κ3) is 7.57. The lowest BCUT2D eigenvalue weighted by atomic mass is 9.82. The summed E-state index contributed by atoms with van der Waals surface area (Å²) in [4.78, 5) is 41.5. The van der Waals surface area contributed by atoms with Crippen molar-refractivity contribution in [3.8, 4) is 0 Å². The second-order valence-corrected chi connectivity index (χ2v) is 18.7. The molecular formula is C38H51FN6O6Si. The number of nitrogens with zero attached hydrogens (tertiary/aromatic N) is 4. The zero-order valence-electron chi connectivity index (χ0n) is 30.5. The fraction of sp³-hybridized carbons (Fsp3) is 0.553. The molecule has 52 heavy (non-hydrogen) atoms. The normalized spacial score (nSPS) is 25.0. The molecule has 3 aromatic rings. The summed E-state index contributed by atoms with van der Waals surface area (Å²) in [6.45, 7) is 7.35. The van der Waals surface area contributed by atoms with Crippen molar-refractivity contribution in [1.29, 1.82) is 0 Å². The summed E-state index contributed by atoms with van der Waals surface area (Å²) in [6, 6.07) is 15.1. The van der Waals surface area contributed by atoms with E-state index >= 15 is 4.11 Å². The molecule has 2 fully saturated rings. The number of hydrogen-bond donors (Lipinski definition) is 3. The quantitative estimate of drug-likeness (QED) is 0.0911. The molecule has 14 heteroatoms. The molecule has 2 amide bonds. The van der Waals surface area contributed by atoms with Gasteiger partial charge < -0.3 is 34.2 Å². The number of rotatable bonds is 14. The van der Waals surface area contributed by atoms with Gasteiger partial charge in [-0.05, 0) is 75.5 Å². The molecule has 12 nitrogen and oxygen atoms in total. The maximum atomic E-state index is 16.5. The minimum Gasteiger partial charge on any atom is -0.469 e. The molecule has 3 aliphatic heterocycles. The van der Waals surface area contributed by atoms with Crippen molar-refractivity contribution in [2.75, 3.05) is 43.6 Å². The van der Waals surface area contributed by atoms with E-state index in [1.165, 1.54) is 7.11 Å². The van der Waals surface area contributed by atoms with Crippen molar-refractivity contribution in [3.63, 3.8) is 0 Å². The molecule has 0 saturated carbocycles. The van der Waals surface area contributed by atoms with Crippen LogP contribution in [-0.2, 0) is 36.0 Å². The van der Waals surface area contributed by atoms with Gasteiger partial charge >= 0.3 is 5.97 Å². The zero-order chi connectivity index (χ0) is 37.0. The van der Waals surface area contributed by atoms with Gasteiger partial charge in [0.25, 0.3) is 5.91 Å². The monoisotopic (exact) mass is 734 g/mol. The van der Waals surface area contributed by atoms with E-state index in [0.29, 0.717) is 61.5 Å². The predicted octanol–water partition coefficient (Wildman–Crippen LogP) is 4.90. The van der Waals surface area contributed by atoms with Crippen LogP contribution in [0.1, 0.15) is 68.2 Å². The first-order valence-corrected chi connectivity index (χ1v) is 21.4. The number of piperidine rings is 1. The summed E-state index contributed by atoms with van der Waals surface area (Å²) < 4.78 is 29.9. The molecule has 6 rings (SSSR count). The van der Waals surface area contributed by atoms with Crippen molar-refractivity contribution < 1.29 is 33.1 Å². The van der Waals surface area contributed by atoms with Crippen LogP contribution in [0.5, 0.6) is 0 Å². The number of amides is 2. The highest BCUT2D eigenvalue weighted by atomic mass is 28.4. The Morgan fingerprint density at radius 2 is 1.98 bits per heavy atom. The highest BCUT2D eigenvalue weighted by Gasteiger charge is 2.66. The highest BCUT2D eigenvalue weighted by Crippen LogP contribution is 2.60. The van der Waals surface area contributed by atoms with Gasteiger partial charge in [-0.2, -0.15) is 0 Å². The van der Waals surface area contributed by atoms with Crippen LogP contribution in [0.15, 0.2) is 54.7 Å². The molecular weight excluding hydrogens is 684 g/mol. The van der Waals surface area contributed by atoms with Crippen LogP contribution in [-0.4, -0.2) is 85.7 Å². The Bertz CT molecular complexity index is 1730. The molecule has 3 aliphatic rings. The standard InChI is InChI=1S/C38H51FN6O6Si/c1-25-35(52(3,4)39)33(17-20-44-23-31(42-43-44)29(24-46)26-11-6-5-7-12-26)51-38(25)30-21-28(41-36(48)27-13-10-18-40-22-27)15-16-32(30)45(37(38)49)19-9-8-14-34(47)50-2/h5-7,11-12,15-16,21,23,25,27,29,33,35,40,46H,8-10,13-14,17-20,22,24H2,1-4H3,(H,41,48)/t25-,27?,29?,33+,35-,38+/m1/s1. The van der Waals surface area contributed by atoms with E-state index < -0.39 is 31.6 Å². The Hall–Kier alpha value is -3.98. The summed E-state index contributed by atoms with van der Waals surface area (Å²) >= 11 is 0. The van der Waals surface area contributed by atoms with Crippen LogP contribution in [0, 0.1) is 11.8 Å². The second-order valence-electron chi connectivity index (χ2n) is 14.9. The smallest absolute Gasteiger partial charge is 0.305 e. The number of unbranched alkanes of at least 4 members (excludes halogenated alkanes) is 1. The van der Waals surface area contributed by atoms with E-state index in [2.05, 4.69) is 20.9 Å². The number of benzene rings is 2. The molecule has 2 unspecified atom stereocenters. The summed E-state index contributed by atoms with van der Waals surface area (Å²) in [5.74, 6) is -1.64. The summed E-state index contributed by atoms with van der Waals surface area (Å²) in [5.41, 5.74) is 1.43. The molecule has 1 spiro atoms. The van der Waals surface area contributed by atoms with Crippen molar-refractivity contribution >= 4 is 37.6 Å². The Labute approximate surface area is 305 Å². The maximum absolute atomic E-state index is 16.5. The molecule has 0 radical (unpaired) electrons. The van der Waals surface area contributed by atoms with E-state index in [-0.39, 0.29) is 42.6 Å². The number of methoxy groups -OCH3 is 1. The topological polar surface area (TPSA) is 148 Å². The van der Waals surface area contributed by atoms with Crippen LogP contribution in [0.25, 0.3) is 0 Å². The van der Waals surface area contributed by atoms with Crippen LogP contribution >= 0.6 is 0 Å². The van der Waals surface area contributed by atoms with Crippen LogP contribution in [0.4, 0.5) is 15.5 Å². The molecule has 0 aliphatic carbocycles. The van der Waals surface area contributed by atoms with E-state index in [4.69, 9.17) is 9.47 Å². The largest absolute Gasteiger partial charge is 0.469 e. The molecule has 4 heterocycles. The van der Waals surface area contributed by atoms with Crippen molar-refractivity contribution in [3.05, 3.63) is 71.5 Å². The Kier molecular flexibility index (Phi) is 11.6. The van der Waals surface area contributed by atoms with E-state index in [0.717, 1.165) is 24.9 Å². The Balaban J connectivity index is 1.28. The minimum atomic E-state index is -3.43. The number of aryl methyl sites for hydroxylation is 1. The number of halogens is 1. The highest BCUT2D eigenvalue weighted by molar-refractivity contribution is 6.72. The maximum Gasteiger partial charge on any atom is 0.305 e. The Morgan fingerprint density at radius 1 is 1.19 bits per heavy atom. The third-order valence-electron chi connectivity index (χ3n) is 11.1. The lowest BCUT2D eigenvalue weighted by molar-refractivity contribution is -0.146. The van der Waals surface area contributed by atoms with E-state index in [1.807, 2.05) is 49.4 Å². The molecule has 0 bridgehead atoms. The van der Waals surface area contributed by atoms with Gasteiger partial charge in [-0.3, -0.25) is 19.1 Å². The third-order valence-corrected chi connectivity index (χ3v) is 13.5. The number of aliphatic hydroxyl groups excluding tert-OH is 1. The zero-order valence-corrected chi connectivity index (χ0v) is 31.5. The van der Waals surface area contributed by atoms with Crippen LogP contribution < -0.4 is 15.5 Å². The number of nitrogens with one attached hydrogen (secondary N) is 2. The van der Waals surface area contributed by atoms with Crippen LogP contribution in [0.2, 0.25) is 18.6 Å². The first kappa shape index (κ1) is 37.8. The number of carbonyl (C=O) groups is 3. The Morgan fingerprint density at radius 3 is 2.67 bits per heavy atom. The minimum absolute atomic E-state index is 0.0819.